The molecule has 0 bridgehead atoms. The second-order valence-corrected chi connectivity index (χ2v) is 8.59. The fourth-order valence-electron chi connectivity index (χ4n) is 4.83. The summed E-state index contributed by atoms with van der Waals surface area (Å²) < 4.78 is 2.22. The predicted molar refractivity (Wildman–Crippen MR) is 128 cm³/mol. The molecule has 1 aromatic heterocycles. The normalized spacial score (nSPS) is 22.4. The van der Waals surface area contributed by atoms with E-state index in [1.54, 1.807) is 0 Å². The van der Waals surface area contributed by atoms with E-state index < -0.39 is 0 Å². The fraction of sp³-hybridized carbons (Fsp3) is 0.810. The molecule has 2 fully saturated rings. The van der Waals surface area contributed by atoms with E-state index in [0.29, 0.717) is 12.5 Å². The molecule has 3 aliphatic rings. The number of aryl methyl sites for hydroxylation is 1. The number of hydrogen-bond acceptors (Lipinski definition) is 4. The molecule has 1 aliphatic carbocycles. The number of halogens is 1. The number of nitrogens with zero attached hydrogens (tertiary/aromatic N) is 5. The zero-order valence-corrected chi connectivity index (χ0v) is 20.4. The molecule has 0 radical (unpaired) electrons. The van der Waals surface area contributed by atoms with Gasteiger partial charge in [0.1, 0.15) is 12.4 Å². The Kier molecular flexibility index (Phi) is 8.76. The van der Waals surface area contributed by atoms with Crippen LogP contribution in [-0.2, 0) is 24.3 Å². The molecule has 0 spiro atoms. The Balaban J connectivity index is 0.00000256. The van der Waals surface area contributed by atoms with E-state index in [1.165, 1.54) is 32.1 Å². The predicted octanol–water partition coefficient (Wildman–Crippen LogP) is 2.47. The van der Waals surface area contributed by atoms with Crippen molar-refractivity contribution in [3.8, 4) is 0 Å². The van der Waals surface area contributed by atoms with E-state index in [2.05, 4.69) is 37.2 Å². The summed E-state index contributed by atoms with van der Waals surface area (Å²) in [5.74, 6) is 3.46. The second kappa shape index (κ2) is 11.3. The van der Waals surface area contributed by atoms with Crippen molar-refractivity contribution in [3.63, 3.8) is 0 Å². The molecule has 4 rings (SSSR count). The average Bonchev–Trinajstić information content (AvgIpc) is 3.39. The average molecular weight is 529 g/mol. The lowest BCUT2D eigenvalue weighted by Gasteiger charge is -2.26. The van der Waals surface area contributed by atoms with Crippen LogP contribution in [0.4, 0.5) is 0 Å². The first-order chi connectivity index (χ1) is 14.2. The number of nitrogens with one attached hydrogen (secondary N) is 2. The first-order valence-corrected chi connectivity index (χ1v) is 11.5. The summed E-state index contributed by atoms with van der Waals surface area (Å²) in [5, 5.41) is 15.5. The van der Waals surface area contributed by atoms with Crippen molar-refractivity contribution < 1.29 is 4.79 Å². The molecule has 8 nitrogen and oxygen atoms in total. The Hall–Kier alpha value is -1.39. The van der Waals surface area contributed by atoms with Crippen LogP contribution in [0.15, 0.2) is 4.99 Å². The lowest BCUT2D eigenvalue weighted by molar-refractivity contribution is -0.135. The standard InChI is InChI=1S/C21H35N7O.HI/c1-2-22-21(23-14-19-26-25-18-10-6-7-12-28(18)19)24-17-11-13-27(15-17)20(29)16-8-4-3-5-9-16;/h16-17H,2-15H2,1H3,(H2,22,23,24);1H. The number of rotatable bonds is 5. The van der Waals surface area contributed by atoms with Gasteiger partial charge in [-0.3, -0.25) is 4.79 Å². The van der Waals surface area contributed by atoms with Crippen LogP contribution in [0.5, 0.6) is 0 Å². The first-order valence-electron chi connectivity index (χ1n) is 11.5. The molecule has 1 aromatic rings. The van der Waals surface area contributed by atoms with Gasteiger partial charge in [-0.05, 0) is 39.0 Å². The fourth-order valence-corrected chi connectivity index (χ4v) is 4.83. The van der Waals surface area contributed by atoms with Gasteiger partial charge in [0, 0.05) is 44.6 Å². The molecule has 168 valence electrons. The molecule has 1 unspecified atom stereocenters. The highest BCUT2D eigenvalue weighted by molar-refractivity contribution is 14.0. The highest BCUT2D eigenvalue weighted by atomic mass is 127. The van der Waals surface area contributed by atoms with Crippen molar-refractivity contribution in [1.29, 1.82) is 0 Å². The van der Waals surface area contributed by atoms with E-state index in [9.17, 15) is 4.79 Å². The Bertz CT molecular complexity index is 729. The summed E-state index contributed by atoms with van der Waals surface area (Å²) in [4.78, 5) is 19.6. The number of likely N-dealkylation sites (tertiary alicyclic amines) is 1. The quantitative estimate of drug-likeness (QED) is 0.348. The zero-order chi connectivity index (χ0) is 20.1. The Morgan fingerprint density at radius 2 is 1.93 bits per heavy atom. The molecule has 3 heterocycles. The number of carbonyl (C=O) groups excluding carboxylic acids is 1. The number of carbonyl (C=O) groups is 1. The minimum Gasteiger partial charge on any atom is -0.357 e. The minimum absolute atomic E-state index is 0. The molecule has 1 saturated heterocycles. The van der Waals surface area contributed by atoms with E-state index in [-0.39, 0.29) is 35.9 Å². The molecule has 2 N–H and O–H groups in total. The summed E-state index contributed by atoms with van der Waals surface area (Å²) in [5.41, 5.74) is 0. The third kappa shape index (κ3) is 5.64. The van der Waals surface area contributed by atoms with Crippen LogP contribution in [0.2, 0.25) is 0 Å². The van der Waals surface area contributed by atoms with Gasteiger partial charge in [0.2, 0.25) is 5.91 Å². The summed E-state index contributed by atoms with van der Waals surface area (Å²) in [6.07, 6.45) is 10.2. The number of hydrogen-bond donors (Lipinski definition) is 2. The van der Waals surface area contributed by atoms with E-state index in [4.69, 9.17) is 4.99 Å². The van der Waals surface area contributed by atoms with Crippen molar-refractivity contribution in [2.24, 2.45) is 10.9 Å². The lowest BCUT2D eigenvalue weighted by atomic mass is 9.88. The molecule has 2 aliphatic heterocycles. The topological polar surface area (TPSA) is 87.4 Å². The minimum atomic E-state index is 0. The summed E-state index contributed by atoms with van der Waals surface area (Å²) in [6, 6.07) is 0.257. The van der Waals surface area contributed by atoms with E-state index in [0.717, 1.165) is 69.5 Å². The Labute approximate surface area is 196 Å². The Morgan fingerprint density at radius 3 is 2.73 bits per heavy atom. The number of amides is 1. The molecule has 30 heavy (non-hydrogen) atoms. The van der Waals surface area contributed by atoms with Gasteiger partial charge >= 0.3 is 0 Å². The monoisotopic (exact) mass is 529 g/mol. The van der Waals surface area contributed by atoms with Gasteiger partial charge in [0.15, 0.2) is 11.8 Å². The maximum absolute atomic E-state index is 12.8. The maximum atomic E-state index is 12.8. The molecule has 1 saturated carbocycles. The maximum Gasteiger partial charge on any atom is 0.225 e. The van der Waals surface area contributed by atoms with Crippen LogP contribution in [0.1, 0.15) is 69.9 Å². The number of fused-ring (bicyclic) bond motifs is 1. The third-order valence-electron chi connectivity index (χ3n) is 6.45. The van der Waals surface area contributed by atoms with Gasteiger partial charge in [-0.2, -0.15) is 0 Å². The largest absolute Gasteiger partial charge is 0.357 e. The SMILES string of the molecule is CCNC(=NCc1nnc2n1CCCC2)NC1CCN(C(=O)C2CCCCC2)C1.I. The van der Waals surface area contributed by atoms with E-state index >= 15 is 0 Å². The van der Waals surface area contributed by atoms with Crippen LogP contribution < -0.4 is 10.6 Å². The van der Waals surface area contributed by atoms with Gasteiger partial charge in [-0.15, -0.1) is 34.2 Å². The molecular weight excluding hydrogens is 493 g/mol. The van der Waals surface area contributed by atoms with Crippen molar-refractivity contribution in [1.82, 2.24) is 30.3 Å². The van der Waals surface area contributed by atoms with Crippen LogP contribution in [0.3, 0.4) is 0 Å². The van der Waals surface area contributed by atoms with Crippen molar-refractivity contribution in [3.05, 3.63) is 11.6 Å². The van der Waals surface area contributed by atoms with Crippen molar-refractivity contribution in [2.45, 2.75) is 83.8 Å². The molecular formula is C21H36IN7O. The third-order valence-corrected chi connectivity index (χ3v) is 6.45. The van der Waals surface area contributed by atoms with Crippen LogP contribution in [0, 0.1) is 5.92 Å². The van der Waals surface area contributed by atoms with Crippen LogP contribution in [-0.4, -0.2) is 57.2 Å². The molecule has 1 amide bonds. The number of aromatic nitrogens is 3. The van der Waals surface area contributed by atoms with Crippen LogP contribution in [0.25, 0.3) is 0 Å². The molecule has 0 aromatic carbocycles. The smallest absolute Gasteiger partial charge is 0.225 e. The summed E-state index contributed by atoms with van der Waals surface area (Å²) >= 11 is 0. The van der Waals surface area contributed by atoms with Gasteiger partial charge in [-0.25, -0.2) is 4.99 Å². The first kappa shape index (κ1) is 23.3. The zero-order valence-electron chi connectivity index (χ0n) is 18.1. The second-order valence-electron chi connectivity index (χ2n) is 8.59. The van der Waals surface area contributed by atoms with Crippen molar-refractivity contribution >= 4 is 35.8 Å². The Morgan fingerprint density at radius 1 is 1.10 bits per heavy atom. The lowest BCUT2D eigenvalue weighted by Crippen LogP contribution is -2.45. The highest BCUT2D eigenvalue weighted by Crippen LogP contribution is 2.26. The molecule has 1 atom stereocenters. The van der Waals surface area contributed by atoms with Crippen molar-refractivity contribution in [2.75, 3.05) is 19.6 Å². The summed E-state index contributed by atoms with van der Waals surface area (Å²) in [7, 11) is 0. The van der Waals surface area contributed by atoms with E-state index in [1.807, 2.05) is 0 Å². The number of guanidine groups is 1. The summed E-state index contributed by atoms with van der Waals surface area (Å²) in [6.45, 7) is 6.03. The number of aliphatic imine (C=N–C) groups is 1. The van der Waals surface area contributed by atoms with Gasteiger partial charge in [-0.1, -0.05) is 19.3 Å². The highest BCUT2D eigenvalue weighted by Gasteiger charge is 2.31. The van der Waals surface area contributed by atoms with Gasteiger partial charge in [0.05, 0.1) is 0 Å². The van der Waals surface area contributed by atoms with Crippen LogP contribution >= 0.6 is 24.0 Å². The van der Waals surface area contributed by atoms with Gasteiger partial charge < -0.3 is 20.1 Å². The van der Waals surface area contributed by atoms with Gasteiger partial charge in [0.25, 0.3) is 0 Å². The molecule has 9 heteroatoms.